The summed E-state index contributed by atoms with van der Waals surface area (Å²) in [6.45, 7) is 11.5. The van der Waals surface area contributed by atoms with E-state index in [-0.39, 0.29) is 16.8 Å². The lowest BCUT2D eigenvalue weighted by atomic mass is 9.56. The largest absolute Gasteiger partial charge is 0.462 e. The van der Waals surface area contributed by atoms with Crippen molar-refractivity contribution in [1.29, 1.82) is 0 Å². The first kappa shape index (κ1) is 20.6. The average molecular weight is 417 g/mol. The Morgan fingerprint density at radius 2 is 1.33 bits per heavy atom. The summed E-state index contributed by atoms with van der Waals surface area (Å²) in [6, 6.07) is 23.2. The molecule has 154 valence electrons. The van der Waals surface area contributed by atoms with Crippen molar-refractivity contribution < 1.29 is 9.53 Å². The van der Waals surface area contributed by atoms with Crippen LogP contribution in [0.4, 0.5) is 0 Å². The summed E-state index contributed by atoms with van der Waals surface area (Å²) >= 11 is 1.56. The van der Waals surface area contributed by atoms with Gasteiger partial charge >= 0.3 is 5.97 Å². The minimum Gasteiger partial charge on any atom is -0.462 e. The molecule has 0 unspecified atom stereocenters. The smallest absolute Gasteiger partial charge is 0.348 e. The fraction of sp³-hybridized carbons (Fsp3) is 0.296. The topological polar surface area (TPSA) is 26.3 Å². The molecule has 3 aromatic rings. The minimum absolute atomic E-state index is 0.149. The molecular formula is C27H28O2S. The quantitative estimate of drug-likeness (QED) is 0.533. The Hall–Kier alpha value is -2.65. The fourth-order valence-electron chi connectivity index (χ4n) is 4.53. The number of esters is 1. The van der Waals surface area contributed by atoms with Gasteiger partial charge in [-0.2, -0.15) is 0 Å². The second-order valence-electron chi connectivity index (χ2n) is 8.81. The molecule has 0 fully saturated rings. The first-order valence-electron chi connectivity index (χ1n) is 10.5. The van der Waals surface area contributed by atoms with Crippen molar-refractivity contribution in [2.45, 2.75) is 34.6 Å². The molecule has 0 atom stereocenters. The van der Waals surface area contributed by atoms with Crippen LogP contribution >= 0.6 is 11.3 Å². The van der Waals surface area contributed by atoms with Gasteiger partial charge in [0.25, 0.3) is 0 Å². The van der Waals surface area contributed by atoms with Gasteiger partial charge in [-0.1, -0.05) is 88.4 Å². The van der Waals surface area contributed by atoms with Crippen LogP contribution in [0.3, 0.4) is 0 Å². The summed E-state index contributed by atoms with van der Waals surface area (Å²) in [5.41, 5.74) is 4.69. The molecule has 0 radical (unpaired) electrons. The van der Waals surface area contributed by atoms with Crippen LogP contribution in [0, 0.1) is 10.8 Å². The highest BCUT2D eigenvalue weighted by molar-refractivity contribution is 7.12. The molecule has 1 aliphatic carbocycles. The number of rotatable bonds is 4. The van der Waals surface area contributed by atoms with Crippen LogP contribution in [0.1, 0.15) is 55.4 Å². The Labute approximate surface area is 182 Å². The number of hydrogen-bond acceptors (Lipinski definition) is 3. The van der Waals surface area contributed by atoms with Crippen LogP contribution in [-0.4, -0.2) is 12.6 Å². The molecule has 0 saturated heterocycles. The van der Waals surface area contributed by atoms with Crippen LogP contribution in [0.5, 0.6) is 0 Å². The van der Waals surface area contributed by atoms with Gasteiger partial charge in [-0.05, 0) is 40.5 Å². The van der Waals surface area contributed by atoms with Gasteiger partial charge in [0.2, 0.25) is 0 Å². The summed E-state index contributed by atoms with van der Waals surface area (Å²) < 4.78 is 6.52. The first-order chi connectivity index (χ1) is 14.3. The molecule has 1 aliphatic rings. The van der Waals surface area contributed by atoms with E-state index in [0.29, 0.717) is 11.5 Å². The zero-order chi connectivity index (χ0) is 21.5. The van der Waals surface area contributed by atoms with E-state index in [0.717, 1.165) is 5.22 Å². The Balaban J connectivity index is 2.19. The summed E-state index contributed by atoms with van der Waals surface area (Å²) in [4.78, 5) is 13.3. The Kier molecular flexibility index (Phi) is 5.19. The van der Waals surface area contributed by atoms with Crippen molar-refractivity contribution in [3.8, 4) is 0 Å². The lowest BCUT2D eigenvalue weighted by Crippen LogP contribution is -2.47. The van der Waals surface area contributed by atoms with E-state index in [1.807, 2.05) is 25.1 Å². The average Bonchev–Trinajstić information content (AvgIpc) is 3.14. The predicted octanol–water partition coefficient (Wildman–Crippen LogP) is 5.39. The summed E-state index contributed by atoms with van der Waals surface area (Å²) in [5, 5.41) is 1.15. The van der Waals surface area contributed by atoms with E-state index in [1.54, 1.807) is 11.3 Å². The molecule has 1 aromatic heterocycles. The van der Waals surface area contributed by atoms with Gasteiger partial charge in [-0.25, -0.2) is 4.79 Å². The monoisotopic (exact) mass is 416 g/mol. The van der Waals surface area contributed by atoms with E-state index < -0.39 is 0 Å². The van der Waals surface area contributed by atoms with Gasteiger partial charge in [0.05, 0.1) is 6.61 Å². The molecular weight excluding hydrogens is 388 g/mol. The van der Waals surface area contributed by atoms with Crippen LogP contribution in [0.15, 0.2) is 66.7 Å². The number of hydrogen-bond donors (Lipinski definition) is 0. The molecule has 2 nitrogen and oxygen atoms in total. The minimum atomic E-state index is -0.243. The number of ether oxygens (including phenoxy) is 1. The van der Waals surface area contributed by atoms with Crippen molar-refractivity contribution in [2.24, 2.45) is 10.8 Å². The molecule has 3 heteroatoms. The zero-order valence-corrected chi connectivity index (χ0v) is 19.1. The van der Waals surface area contributed by atoms with Crippen LogP contribution in [-0.2, 0) is 4.74 Å². The third-order valence-electron chi connectivity index (χ3n) is 6.64. The molecule has 1 heterocycles. The zero-order valence-electron chi connectivity index (χ0n) is 18.3. The van der Waals surface area contributed by atoms with E-state index in [1.165, 1.54) is 26.8 Å². The Morgan fingerprint density at radius 3 is 1.87 bits per heavy atom. The standard InChI is InChI=1S/C27H28O2S/c1-6-29-25(28)21-17-20-22(18-13-9-7-10-14-18)26(2,3)27(4,5)23(24(20)30-21)19-15-11-8-12-16-19/h7-17H,6H2,1-5H3. The third-order valence-corrected chi connectivity index (χ3v) is 7.78. The third kappa shape index (κ3) is 3.13. The fourth-order valence-corrected chi connectivity index (χ4v) is 5.81. The van der Waals surface area contributed by atoms with Crippen molar-refractivity contribution in [1.82, 2.24) is 0 Å². The number of carbonyl (C=O) groups is 1. The Morgan fingerprint density at radius 1 is 0.833 bits per heavy atom. The molecule has 30 heavy (non-hydrogen) atoms. The van der Waals surface area contributed by atoms with Gasteiger partial charge < -0.3 is 4.74 Å². The van der Waals surface area contributed by atoms with Crippen LogP contribution in [0.2, 0.25) is 0 Å². The van der Waals surface area contributed by atoms with Crippen LogP contribution < -0.4 is 9.75 Å². The second-order valence-corrected chi connectivity index (χ2v) is 9.86. The normalized spacial score (nSPS) is 16.8. The lowest BCUT2D eigenvalue weighted by Gasteiger charge is -2.47. The predicted molar refractivity (Wildman–Crippen MR) is 125 cm³/mol. The number of fused-ring (bicyclic) bond motifs is 1. The maximum Gasteiger partial charge on any atom is 0.348 e. The summed E-state index contributed by atoms with van der Waals surface area (Å²) in [6.07, 6.45) is 0. The van der Waals surface area contributed by atoms with Gasteiger partial charge in [0, 0.05) is 15.4 Å². The highest BCUT2D eigenvalue weighted by atomic mass is 32.1. The van der Waals surface area contributed by atoms with Gasteiger partial charge in [0.1, 0.15) is 4.88 Å². The highest BCUT2D eigenvalue weighted by Gasteiger charge is 2.46. The molecule has 0 bridgehead atoms. The van der Waals surface area contributed by atoms with Crippen molar-refractivity contribution in [3.63, 3.8) is 0 Å². The van der Waals surface area contributed by atoms with Gasteiger partial charge in [-0.3, -0.25) is 0 Å². The number of benzene rings is 2. The summed E-state index contributed by atoms with van der Waals surface area (Å²) in [5.74, 6) is -0.243. The second kappa shape index (κ2) is 7.55. The van der Waals surface area contributed by atoms with Crippen molar-refractivity contribution >= 4 is 28.5 Å². The van der Waals surface area contributed by atoms with E-state index >= 15 is 0 Å². The maximum atomic E-state index is 12.6. The molecule has 4 rings (SSSR count). The van der Waals surface area contributed by atoms with Crippen LogP contribution in [0.25, 0.3) is 11.1 Å². The Bertz CT molecular complexity index is 1110. The molecule has 0 amide bonds. The van der Waals surface area contributed by atoms with Gasteiger partial charge in [-0.15, -0.1) is 11.3 Å². The van der Waals surface area contributed by atoms with E-state index in [9.17, 15) is 4.79 Å². The van der Waals surface area contributed by atoms with Crippen molar-refractivity contribution in [2.75, 3.05) is 6.61 Å². The van der Waals surface area contributed by atoms with Crippen molar-refractivity contribution in [3.05, 3.63) is 92.5 Å². The number of carbonyl (C=O) groups excluding carboxylic acids is 1. The summed E-state index contributed by atoms with van der Waals surface area (Å²) in [7, 11) is 0. The maximum absolute atomic E-state index is 12.6. The van der Waals surface area contributed by atoms with E-state index in [2.05, 4.69) is 76.2 Å². The SMILES string of the molecule is CCOC(=O)c1cc2c(s1)=C(c1ccccc1)C(C)(C)C(C)(C)C=2c1ccccc1. The molecule has 0 aliphatic heterocycles. The molecule has 0 saturated carbocycles. The lowest BCUT2D eigenvalue weighted by molar-refractivity contribution is 0.0532. The number of thiophene rings is 1. The first-order valence-corrected chi connectivity index (χ1v) is 11.3. The van der Waals surface area contributed by atoms with E-state index in [4.69, 9.17) is 4.74 Å². The highest BCUT2D eigenvalue weighted by Crippen LogP contribution is 2.54. The molecule has 0 N–H and O–H groups in total. The van der Waals surface area contributed by atoms with Gasteiger partial charge in [0.15, 0.2) is 0 Å². The molecule has 2 aromatic carbocycles. The molecule has 0 spiro atoms.